The lowest BCUT2D eigenvalue weighted by Crippen LogP contribution is -2.60. The van der Waals surface area contributed by atoms with Crippen molar-refractivity contribution in [2.45, 2.75) is 39.5 Å². The second-order valence-electron chi connectivity index (χ2n) is 9.01. The number of halogens is 2. The molecule has 0 bridgehead atoms. The first-order valence-corrected chi connectivity index (χ1v) is 12.3. The summed E-state index contributed by atoms with van der Waals surface area (Å²) in [5, 5.41) is 3.78. The second-order valence-corrected chi connectivity index (χ2v) is 9.44. The number of aromatic nitrogens is 4. The summed E-state index contributed by atoms with van der Waals surface area (Å²) in [4.78, 5) is 49.4. The van der Waals surface area contributed by atoms with E-state index in [2.05, 4.69) is 15.3 Å². The van der Waals surface area contributed by atoms with E-state index in [-0.39, 0.29) is 37.4 Å². The molecule has 4 heterocycles. The lowest BCUT2D eigenvalue weighted by molar-refractivity contribution is -0.144. The lowest BCUT2D eigenvalue weighted by Gasteiger charge is -2.42. The van der Waals surface area contributed by atoms with Gasteiger partial charge < -0.3 is 14.8 Å². The highest BCUT2D eigenvalue weighted by Crippen LogP contribution is 2.26. The third-order valence-electron chi connectivity index (χ3n) is 6.11. The first kappa shape index (κ1) is 26.3. The van der Waals surface area contributed by atoms with E-state index in [1.54, 1.807) is 48.4 Å². The summed E-state index contributed by atoms with van der Waals surface area (Å²) in [6.07, 6.45) is 3.17. The van der Waals surface area contributed by atoms with E-state index in [4.69, 9.17) is 11.6 Å². The van der Waals surface area contributed by atoms with Crippen LogP contribution in [0.15, 0.2) is 47.7 Å². The highest BCUT2D eigenvalue weighted by molar-refractivity contribution is 6.30. The third kappa shape index (κ3) is 5.20. The van der Waals surface area contributed by atoms with Crippen molar-refractivity contribution in [3.05, 3.63) is 69.4 Å². The Bertz CT molecular complexity index is 1540. The predicted octanol–water partition coefficient (Wildman–Crippen LogP) is 3.46. The van der Waals surface area contributed by atoms with Crippen LogP contribution in [-0.2, 0) is 24.9 Å². The molecule has 1 aliphatic rings. The molecule has 2 amide bonds. The Labute approximate surface area is 217 Å². The van der Waals surface area contributed by atoms with Gasteiger partial charge in [-0.1, -0.05) is 37.6 Å². The van der Waals surface area contributed by atoms with Gasteiger partial charge in [-0.2, -0.15) is 0 Å². The van der Waals surface area contributed by atoms with E-state index in [0.29, 0.717) is 21.4 Å². The summed E-state index contributed by atoms with van der Waals surface area (Å²) in [7, 11) is 1.81. The van der Waals surface area contributed by atoms with Gasteiger partial charge in [-0.05, 0) is 30.7 Å². The number of imidazole rings is 1. The van der Waals surface area contributed by atoms with E-state index in [0.717, 1.165) is 10.1 Å². The van der Waals surface area contributed by atoms with Crippen LogP contribution in [-0.4, -0.2) is 54.6 Å². The van der Waals surface area contributed by atoms with Crippen molar-refractivity contribution < 1.29 is 14.0 Å². The Hall–Kier alpha value is -3.79. The zero-order valence-electron chi connectivity index (χ0n) is 21.1. The van der Waals surface area contributed by atoms with Crippen LogP contribution in [0.25, 0.3) is 22.1 Å². The number of alkyl halides is 1. The molecular weight excluding hydrogens is 499 g/mol. The van der Waals surface area contributed by atoms with Gasteiger partial charge in [-0.25, -0.2) is 14.4 Å². The molecule has 0 radical (unpaired) electrons. The van der Waals surface area contributed by atoms with Crippen LogP contribution in [0.4, 0.5) is 4.39 Å². The molecule has 1 aromatic carbocycles. The topological polar surface area (TPSA) is 102 Å². The monoisotopic (exact) mass is 526 g/mol. The zero-order chi connectivity index (χ0) is 26.9. The van der Waals surface area contributed by atoms with E-state index in [1.165, 1.54) is 17.9 Å². The fourth-order valence-corrected chi connectivity index (χ4v) is 4.37. The summed E-state index contributed by atoms with van der Waals surface area (Å²) in [5.41, 5.74) is 0.0455. The largest absolute Gasteiger partial charge is 0.348 e. The van der Waals surface area contributed by atoms with E-state index >= 15 is 0 Å². The van der Waals surface area contributed by atoms with Crippen LogP contribution >= 0.6 is 11.6 Å². The molecule has 1 N–H and O–H groups in total. The maximum Gasteiger partial charge on any atom is 0.265 e. The molecule has 5 rings (SSSR count). The zero-order valence-corrected chi connectivity index (χ0v) is 21.8. The minimum absolute atomic E-state index is 0.0439. The molecule has 9 nitrogen and oxygen atoms in total. The predicted molar refractivity (Wildman–Crippen MR) is 140 cm³/mol. The quantitative estimate of drug-likeness (QED) is 0.429. The Morgan fingerprint density at radius 2 is 1.84 bits per heavy atom. The Morgan fingerprint density at radius 3 is 2.49 bits per heavy atom. The van der Waals surface area contributed by atoms with Crippen molar-refractivity contribution in [2.75, 3.05) is 13.1 Å². The molecule has 1 saturated heterocycles. The first-order valence-electron chi connectivity index (χ1n) is 12.0. The van der Waals surface area contributed by atoms with Crippen molar-refractivity contribution in [1.82, 2.24) is 29.3 Å². The molecule has 0 spiro atoms. The van der Waals surface area contributed by atoms with E-state index in [1.807, 2.05) is 13.8 Å². The number of rotatable bonds is 5. The van der Waals surface area contributed by atoms with Crippen LogP contribution in [0, 0.1) is 0 Å². The van der Waals surface area contributed by atoms with Crippen LogP contribution < -0.4 is 10.9 Å². The SMILES string of the molecule is CC.Cn1cnc2c3cc(C(=O)NCc4ccc(Cl)cc4)c(=O)n(CC(=O)N4CC(C)(F)C4)c3ncc21. The maximum atomic E-state index is 13.9. The van der Waals surface area contributed by atoms with Gasteiger partial charge in [0.15, 0.2) is 0 Å². The molecule has 11 heteroatoms. The minimum atomic E-state index is -1.44. The molecule has 3 aromatic heterocycles. The van der Waals surface area contributed by atoms with Gasteiger partial charge in [0.2, 0.25) is 5.91 Å². The van der Waals surface area contributed by atoms with E-state index in [9.17, 15) is 18.8 Å². The van der Waals surface area contributed by atoms with E-state index < -0.39 is 23.0 Å². The molecule has 1 aliphatic heterocycles. The number of amides is 2. The number of benzene rings is 1. The van der Waals surface area contributed by atoms with Crippen LogP contribution in [0.1, 0.15) is 36.7 Å². The summed E-state index contributed by atoms with van der Waals surface area (Å²) in [6.45, 7) is 5.15. The number of pyridine rings is 2. The fourth-order valence-electron chi connectivity index (χ4n) is 4.24. The number of aryl methyl sites for hydroxylation is 1. The van der Waals surface area contributed by atoms with Gasteiger partial charge >= 0.3 is 0 Å². The number of hydrogen-bond acceptors (Lipinski definition) is 5. The Kier molecular flexibility index (Phi) is 7.31. The maximum absolute atomic E-state index is 13.9. The highest BCUT2D eigenvalue weighted by atomic mass is 35.5. The van der Waals surface area contributed by atoms with Crippen LogP contribution in [0.5, 0.6) is 0 Å². The van der Waals surface area contributed by atoms with Gasteiger partial charge in [-0.15, -0.1) is 0 Å². The number of nitrogens with one attached hydrogen (secondary N) is 1. The van der Waals surface area contributed by atoms with Gasteiger partial charge in [0.05, 0.1) is 31.1 Å². The van der Waals surface area contributed by atoms with Crippen LogP contribution in [0.2, 0.25) is 5.02 Å². The Balaban J connectivity index is 0.00000156. The number of carbonyl (C=O) groups is 2. The standard InChI is InChI=1S/C24H22ClFN6O3.C2H6/c1-24(26)11-31(12-24)19(33)10-32-21-16(20-18(9-27-21)30(2)13-29-20)7-17(23(32)35)22(34)28-8-14-3-5-15(25)6-4-14;1-2/h3-7,9,13H,8,10-12H2,1-2H3,(H,28,34);1-2H3. The summed E-state index contributed by atoms with van der Waals surface area (Å²) in [6, 6.07) is 8.42. The van der Waals surface area contributed by atoms with Crippen molar-refractivity contribution in [3.8, 4) is 0 Å². The first-order chi connectivity index (χ1) is 17.6. The third-order valence-corrected chi connectivity index (χ3v) is 6.36. The molecule has 0 saturated carbocycles. The number of carbonyl (C=O) groups excluding carboxylic acids is 2. The van der Waals surface area contributed by atoms with Gasteiger partial charge in [0, 0.05) is 24.0 Å². The molecule has 0 atom stereocenters. The van der Waals surface area contributed by atoms with Crippen molar-refractivity contribution in [3.63, 3.8) is 0 Å². The number of fused-ring (bicyclic) bond motifs is 3. The molecule has 37 heavy (non-hydrogen) atoms. The van der Waals surface area contributed by atoms with Crippen molar-refractivity contribution in [2.24, 2.45) is 7.05 Å². The van der Waals surface area contributed by atoms with Gasteiger partial charge in [-0.3, -0.25) is 19.0 Å². The molecule has 0 aliphatic carbocycles. The highest BCUT2D eigenvalue weighted by Gasteiger charge is 2.41. The second kappa shape index (κ2) is 10.3. The molecule has 4 aromatic rings. The average Bonchev–Trinajstić information content (AvgIpc) is 3.25. The Morgan fingerprint density at radius 1 is 1.16 bits per heavy atom. The van der Waals surface area contributed by atoms with Crippen molar-refractivity contribution in [1.29, 1.82) is 0 Å². The molecular formula is C26H28ClFN6O3. The number of hydrogen-bond donors (Lipinski definition) is 1. The number of likely N-dealkylation sites (tertiary alicyclic amines) is 1. The average molecular weight is 527 g/mol. The van der Waals surface area contributed by atoms with Gasteiger partial charge in [0.25, 0.3) is 11.5 Å². The number of nitrogens with zero attached hydrogens (tertiary/aromatic N) is 5. The molecule has 0 unspecified atom stereocenters. The molecule has 1 fully saturated rings. The lowest BCUT2D eigenvalue weighted by atomic mass is 9.99. The summed E-state index contributed by atoms with van der Waals surface area (Å²) < 4.78 is 16.9. The molecule has 194 valence electrons. The summed E-state index contributed by atoms with van der Waals surface area (Å²) >= 11 is 5.91. The smallest absolute Gasteiger partial charge is 0.265 e. The normalized spacial score (nSPS) is 14.2. The van der Waals surface area contributed by atoms with Gasteiger partial charge in [0.1, 0.15) is 28.9 Å². The minimum Gasteiger partial charge on any atom is -0.348 e. The fraction of sp³-hybridized carbons (Fsp3) is 0.346. The summed E-state index contributed by atoms with van der Waals surface area (Å²) in [5.74, 6) is -1.02. The van der Waals surface area contributed by atoms with Crippen LogP contribution in [0.3, 0.4) is 0 Å². The van der Waals surface area contributed by atoms with Crippen molar-refractivity contribution >= 4 is 45.5 Å².